The highest BCUT2D eigenvalue weighted by atomic mass is 79.9. The summed E-state index contributed by atoms with van der Waals surface area (Å²) in [5, 5.41) is 3.50. The largest absolute Gasteiger partial charge is 0.305 e. The fraction of sp³-hybridized carbons (Fsp3) is 0.545. The highest BCUT2D eigenvalue weighted by Crippen LogP contribution is 2.16. The van der Waals surface area contributed by atoms with Gasteiger partial charge in [-0.3, -0.25) is 0 Å². The van der Waals surface area contributed by atoms with Gasteiger partial charge < -0.3 is 5.32 Å². The molecule has 0 aromatic carbocycles. The molecular weight excluding hydrogens is 240 g/mol. The summed E-state index contributed by atoms with van der Waals surface area (Å²) in [7, 11) is 0. The lowest BCUT2D eigenvalue weighted by molar-refractivity contribution is 0.377. The van der Waals surface area contributed by atoms with Gasteiger partial charge in [-0.15, -0.1) is 0 Å². The zero-order chi connectivity index (χ0) is 10.8. The molecule has 1 rings (SSSR count). The van der Waals surface area contributed by atoms with E-state index in [0.717, 1.165) is 4.60 Å². The maximum atomic E-state index is 4.21. The molecule has 1 aromatic heterocycles. The average molecular weight is 257 g/mol. The molecule has 1 aromatic rings. The number of aromatic nitrogens is 1. The fourth-order valence-corrected chi connectivity index (χ4v) is 1.61. The van der Waals surface area contributed by atoms with Crippen molar-refractivity contribution in [1.29, 1.82) is 0 Å². The first kappa shape index (κ1) is 11.7. The van der Waals surface area contributed by atoms with Gasteiger partial charge in [-0.2, -0.15) is 0 Å². The molecule has 0 saturated heterocycles. The van der Waals surface area contributed by atoms with E-state index in [1.165, 1.54) is 5.56 Å². The third-order valence-corrected chi connectivity index (χ3v) is 2.37. The van der Waals surface area contributed by atoms with Crippen molar-refractivity contribution in [3.8, 4) is 0 Å². The van der Waals surface area contributed by atoms with Gasteiger partial charge in [0, 0.05) is 17.8 Å². The van der Waals surface area contributed by atoms with E-state index in [-0.39, 0.29) is 5.54 Å². The third-order valence-electron chi connectivity index (χ3n) is 1.90. The molecule has 0 radical (unpaired) electrons. The number of pyridine rings is 1. The van der Waals surface area contributed by atoms with E-state index < -0.39 is 0 Å². The van der Waals surface area contributed by atoms with Crippen molar-refractivity contribution in [2.45, 2.75) is 39.3 Å². The Morgan fingerprint density at radius 1 is 1.36 bits per heavy atom. The zero-order valence-corrected chi connectivity index (χ0v) is 10.7. The van der Waals surface area contributed by atoms with Crippen LogP contribution in [0.3, 0.4) is 0 Å². The van der Waals surface area contributed by atoms with Gasteiger partial charge in [-0.25, -0.2) is 4.98 Å². The van der Waals surface area contributed by atoms with E-state index in [0.29, 0.717) is 6.04 Å². The maximum Gasteiger partial charge on any atom is 0.106 e. The number of hydrogen-bond acceptors (Lipinski definition) is 2. The van der Waals surface area contributed by atoms with E-state index in [1.54, 1.807) is 0 Å². The van der Waals surface area contributed by atoms with E-state index >= 15 is 0 Å². The monoisotopic (exact) mass is 256 g/mol. The van der Waals surface area contributed by atoms with Gasteiger partial charge in [0.2, 0.25) is 0 Å². The van der Waals surface area contributed by atoms with Gasteiger partial charge >= 0.3 is 0 Å². The summed E-state index contributed by atoms with van der Waals surface area (Å²) in [5.41, 5.74) is 1.34. The van der Waals surface area contributed by atoms with Crippen molar-refractivity contribution in [3.05, 3.63) is 28.5 Å². The summed E-state index contributed by atoms with van der Waals surface area (Å²) in [6.07, 6.45) is 1.90. The summed E-state index contributed by atoms with van der Waals surface area (Å²) < 4.78 is 0.879. The van der Waals surface area contributed by atoms with Crippen molar-refractivity contribution < 1.29 is 0 Å². The van der Waals surface area contributed by atoms with Crippen LogP contribution in [0.4, 0.5) is 0 Å². The predicted octanol–water partition coefficient (Wildman–Crippen LogP) is 3.29. The second kappa shape index (κ2) is 4.41. The van der Waals surface area contributed by atoms with Crippen LogP contribution in [0.2, 0.25) is 0 Å². The van der Waals surface area contributed by atoms with Gasteiger partial charge in [0.25, 0.3) is 0 Å². The lowest BCUT2D eigenvalue weighted by Crippen LogP contribution is -2.37. The van der Waals surface area contributed by atoms with E-state index in [2.05, 4.69) is 60.0 Å². The summed E-state index contributed by atoms with van der Waals surface area (Å²) in [6, 6.07) is 4.38. The minimum Gasteiger partial charge on any atom is -0.305 e. The Balaban J connectivity index is 2.70. The highest BCUT2D eigenvalue weighted by Gasteiger charge is 2.14. The quantitative estimate of drug-likeness (QED) is 0.822. The molecular formula is C11H17BrN2. The van der Waals surface area contributed by atoms with Crippen LogP contribution in [0.25, 0.3) is 0 Å². The molecule has 0 saturated carbocycles. The molecule has 14 heavy (non-hydrogen) atoms. The lowest BCUT2D eigenvalue weighted by atomic mass is 10.0. The Bertz CT molecular complexity index is 287. The number of hydrogen-bond donors (Lipinski definition) is 1. The second-order valence-corrected chi connectivity index (χ2v) is 5.34. The van der Waals surface area contributed by atoms with Crippen LogP contribution in [-0.2, 0) is 0 Å². The van der Waals surface area contributed by atoms with Gasteiger partial charge in [0.05, 0.1) is 0 Å². The highest BCUT2D eigenvalue weighted by molar-refractivity contribution is 9.10. The molecule has 0 aliphatic rings. The molecule has 1 heterocycles. The molecule has 3 heteroatoms. The minimum atomic E-state index is 0.131. The lowest BCUT2D eigenvalue weighted by Gasteiger charge is -2.26. The van der Waals surface area contributed by atoms with Crippen LogP contribution in [0.5, 0.6) is 0 Å². The van der Waals surface area contributed by atoms with Crippen molar-refractivity contribution in [2.75, 3.05) is 0 Å². The number of nitrogens with one attached hydrogen (secondary N) is 1. The van der Waals surface area contributed by atoms with Crippen molar-refractivity contribution >= 4 is 15.9 Å². The zero-order valence-electron chi connectivity index (χ0n) is 9.13. The van der Waals surface area contributed by atoms with Crippen LogP contribution in [0.15, 0.2) is 22.9 Å². The molecule has 0 amide bonds. The van der Waals surface area contributed by atoms with E-state index in [4.69, 9.17) is 0 Å². The molecule has 0 fully saturated rings. The van der Waals surface area contributed by atoms with Gasteiger partial charge in [-0.1, -0.05) is 6.07 Å². The number of halogens is 1. The Kier molecular flexibility index (Phi) is 3.67. The van der Waals surface area contributed by atoms with Crippen LogP contribution in [0, 0.1) is 0 Å². The third kappa shape index (κ3) is 3.76. The first-order valence-electron chi connectivity index (χ1n) is 4.77. The number of rotatable bonds is 2. The van der Waals surface area contributed by atoms with E-state index in [1.807, 2.05) is 12.3 Å². The first-order chi connectivity index (χ1) is 6.38. The summed E-state index contributed by atoms with van der Waals surface area (Å²) >= 11 is 3.32. The van der Waals surface area contributed by atoms with Gasteiger partial charge in [-0.05, 0) is 55.3 Å². The molecule has 0 spiro atoms. The topological polar surface area (TPSA) is 24.9 Å². The molecule has 2 nitrogen and oxygen atoms in total. The smallest absolute Gasteiger partial charge is 0.106 e. The SMILES string of the molecule is CC(NC(C)(C)C)c1ccc(Br)nc1. The molecule has 78 valence electrons. The molecule has 0 bridgehead atoms. The molecule has 1 atom stereocenters. The molecule has 0 aliphatic carbocycles. The van der Waals surface area contributed by atoms with Crippen molar-refractivity contribution in [3.63, 3.8) is 0 Å². The van der Waals surface area contributed by atoms with Crippen molar-refractivity contribution in [1.82, 2.24) is 10.3 Å². The van der Waals surface area contributed by atoms with Crippen LogP contribution in [0.1, 0.15) is 39.3 Å². The molecule has 1 unspecified atom stereocenters. The Labute approximate surface area is 94.3 Å². The van der Waals surface area contributed by atoms with Crippen LogP contribution < -0.4 is 5.32 Å². The molecule has 0 aliphatic heterocycles. The molecule has 1 N–H and O–H groups in total. The number of nitrogens with zero attached hydrogens (tertiary/aromatic N) is 1. The van der Waals surface area contributed by atoms with Crippen LogP contribution in [-0.4, -0.2) is 10.5 Å². The minimum absolute atomic E-state index is 0.131. The van der Waals surface area contributed by atoms with Crippen LogP contribution >= 0.6 is 15.9 Å². The second-order valence-electron chi connectivity index (χ2n) is 4.53. The van der Waals surface area contributed by atoms with Gasteiger partial charge in [0.15, 0.2) is 0 Å². The Morgan fingerprint density at radius 3 is 2.43 bits per heavy atom. The normalized spacial score (nSPS) is 14.1. The Morgan fingerprint density at radius 2 is 2.00 bits per heavy atom. The first-order valence-corrected chi connectivity index (χ1v) is 5.57. The van der Waals surface area contributed by atoms with Crippen molar-refractivity contribution in [2.24, 2.45) is 0 Å². The Hall–Kier alpha value is -0.410. The average Bonchev–Trinajstić information content (AvgIpc) is 2.02. The van der Waals surface area contributed by atoms with Gasteiger partial charge in [0.1, 0.15) is 4.60 Å². The summed E-state index contributed by atoms with van der Waals surface area (Å²) in [4.78, 5) is 4.21. The fourth-order valence-electron chi connectivity index (χ4n) is 1.38. The summed E-state index contributed by atoms with van der Waals surface area (Å²) in [6.45, 7) is 8.64. The predicted molar refractivity (Wildman–Crippen MR) is 63.2 cm³/mol. The van der Waals surface area contributed by atoms with E-state index in [9.17, 15) is 0 Å². The standard InChI is InChI=1S/C11H17BrN2/c1-8(14-11(2,3)4)9-5-6-10(12)13-7-9/h5-8,14H,1-4H3. The summed E-state index contributed by atoms with van der Waals surface area (Å²) in [5.74, 6) is 0. The maximum absolute atomic E-state index is 4.21.